The van der Waals surface area contributed by atoms with Crippen molar-refractivity contribution in [3.63, 3.8) is 0 Å². The van der Waals surface area contributed by atoms with E-state index in [0.717, 1.165) is 16.3 Å². The zero-order valence-corrected chi connectivity index (χ0v) is 28.3. The topological polar surface area (TPSA) is 96.0 Å². The molecule has 0 radical (unpaired) electrons. The van der Waals surface area contributed by atoms with Crippen LogP contribution in [-0.2, 0) is 26.2 Å². The lowest BCUT2D eigenvalue weighted by Gasteiger charge is -2.33. The Morgan fingerprint density at radius 1 is 0.848 bits per heavy atom. The highest BCUT2D eigenvalue weighted by Crippen LogP contribution is 2.29. The van der Waals surface area contributed by atoms with Gasteiger partial charge >= 0.3 is 0 Å². The molecular formula is C35H37Cl2N3O5S. The van der Waals surface area contributed by atoms with Crippen molar-refractivity contribution >= 4 is 50.7 Å². The van der Waals surface area contributed by atoms with Crippen LogP contribution < -0.4 is 14.4 Å². The number of anilines is 1. The molecule has 1 atom stereocenters. The van der Waals surface area contributed by atoms with Gasteiger partial charge in [-0.15, -0.1) is 0 Å². The molecule has 4 aromatic carbocycles. The van der Waals surface area contributed by atoms with Gasteiger partial charge in [-0.25, -0.2) is 8.42 Å². The van der Waals surface area contributed by atoms with Gasteiger partial charge in [-0.3, -0.25) is 13.9 Å². The van der Waals surface area contributed by atoms with Gasteiger partial charge < -0.3 is 15.0 Å². The molecule has 0 aliphatic rings. The third-order valence-corrected chi connectivity index (χ3v) is 9.79. The molecule has 2 amide bonds. The first-order chi connectivity index (χ1) is 22.0. The van der Waals surface area contributed by atoms with E-state index in [4.69, 9.17) is 27.9 Å². The zero-order valence-electron chi connectivity index (χ0n) is 26.0. The Bertz CT molecular complexity index is 1730. The highest BCUT2D eigenvalue weighted by Gasteiger charge is 2.33. The standard InChI is InChI=1S/C35H37Cl2N3O5S/c1-4-21-38-35(42)33(5-2)39(23-26-13-20-31(36)32(37)22-26)34(41)24-40(46(43,44)30-18-11-25(3)12-19-30)27-14-16-29(17-15-27)45-28-9-7-6-8-10-28/h6-20,22,33H,4-5,21,23-24H2,1-3H3,(H,38,42)/t33-/m0/s1. The molecule has 0 fully saturated rings. The molecule has 0 unspecified atom stereocenters. The van der Waals surface area contributed by atoms with Gasteiger partial charge in [0.15, 0.2) is 0 Å². The molecule has 242 valence electrons. The fourth-order valence-electron chi connectivity index (χ4n) is 4.79. The van der Waals surface area contributed by atoms with E-state index >= 15 is 0 Å². The highest BCUT2D eigenvalue weighted by molar-refractivity contribution is 7.92. The summed E-state index contributed by atoms with van der Waals surface area (Å²) in [6, 6.07) is 26.2. The van der Waals surface area contributed by atoms with E-state index in [2.05, 4.69) is 5.32 Å². The first-order valence-corrected chi connectivity index (χ1v) is 17.2. The van der Waals surface area contributed by atoms with E-state index in [0.29, 0.717) is 40.1 Å². The van der Waals surface area contributed by atoms with Crippen molar-refractivity contribution in [2.45, 2.75) is 51.1 Å². The van der Waals surface area contributed by atoms with Crippen LogP contribution in [0.25, 0.3) is 0 Å². The van der Waals surface area contributed by atoms with Crippen LogP contribution in [0.3, 0.4) is 0 Å². The second-order valence-corrected chi connectivity index (χ2v) is 13.4. The number of rotatable bonds is 14. The van der Waals surface area contributed by atoms with Gasteiger partial charge in [0, 0.05) is 13.1 Å². The molecule has 0 spiro atoms. The second kappa shape index (κ2) is 16.0. The van der Waals surface area contributed by atoms with Crippen LogP contribution >= 0.6 is 23.2 Å². The number of hydrogen-bond donors (Lipinski definition) is 1. The average Bonchev–Trinajstić information content (AvgIpc) is 3.05. The number of nitrogens with zero attached hydrogens (tertiary/aromatic N) is 2. The molecule has 1 N–H and O–H groups in total. The van der Waals surface area contributed by atoms with E-state index in [1.807, 2.05) is 44.2 Å². The van der Waals surface area contributed by atoms with E-state index in [1.54, 1.807) is 61.5 Å². The Hall–Kier alpha value is -4.05. The molecule has 0 bridgehead atoms. The number of benzene rings is 4. The van der Waals surface area contributed by atoms with Gasteiger partial charge in [0.2, 0.25) is 11.8 Å². The van der Waals surface area contributed by atoms with Crippen LogP contribution in [0.1, 0.15) is 37.8 Å². The van der Waals surface area contributed by atoms with Crippen molar-refractivity contribution in [2.75, 3.05) is 17.4 Å². The summed E-state index contributed by atoms with van der Waals surface area (Å²) in [5.41, 5.74) is 1.79. The van der Waals surface area contributed by atoms with Gasteiger partial charge in [0.05, 0.1) is 20.6 Å². The Morgan fingerprint density at radius 2 is 1.50 bits per heavy atom. The minimum Gasteiger partial charge on any atom is -0.457 e. The van der Waals surface area contributed by atoms with Gasteiger partial charge in [-0.05, 0) is 86.0 Å². The molecule has 46 heavy (non-hydrogen) atoms. The van der Waals surface area contributed by atoms with Crippen molar-refractivity contribution < 1.29 is 22.7 Å². The minimum absolute atomic E-state index is 0.00997. The van der Waals surface area contributed by atoms with Crippen molar-refractivity contribution in [1.29, 1.82) is 0 Å². The molecule has 4 rings (SSSR count). The van der Waals surface area contributed by atoms with Crippen LogP contribution in [0.15, 0.2) is 102 Å². The Balaban J connectivity index is 1.73. The number of amides is 2. The second-order valence-electron chi connectivity index (χ2n) is 10.7. The summed E-state index contributed by atoms with van der Waals surface area (Å²) in [6.07, 6.45) is 1.02. The molecule has 4 aromatic rings. The molecule has 8 nitrogen and oxygen atoms in total. The van der Waals surface area contributed by atoms with Crippen LogP contribution in [0.5, 0.6) is 11.5 Å². The van der Waals surface area contributed by atoms with E-state index < -0.39 is 28.5 Å². The van der Waals surface area contributed by atoms with Gasteiger partial charge in [-0.1, -0.05) is 79.0 Å². The first kappa shape index (κ1) is 34.8. The first-order valence-electron chi connectivity index (χ1n) is 15.0. The molecular weight excluding hydrogens is 645 g/mol. The summed E-state index contributed by atoms with van der Waals surface area (Å²) in [5, 5.41) is 3.53. The van der Waals surface area contributed by atoms with Crippen molar-refractivity contribution in [3.05, 3.63) is 118 Å². The van der Waals surface area contributed by atoms with Crippen molar-refractivity contribution in [1.82, 2.24) is 10.2 Å². The van der Waals surface area contributed by atoms with E-state index in [9.17, 15) is 18.0 Å². The maximum atomic E-state index is 14.3. The lowest BCUT2D eigenvalue weighted by atomic mass is 10.1. The lowest BCUT2D eigenvalue weighted by molar-refractivity contribution is -0.140. The van der Waals surface area contributed by atoms with Crippen LogP contribution in [-0.4, -0.2) is 44.3 Å². The molecule has 0 aliphatic heterocycles. The third-order valence-electron chi connectivity index (χ3n) is 7.26. The monoisotopic (exact) mass is 681 g/mol. The number of ether oxygens (including phenoxy) is 1. The Labute approximate surface area is 280 Å². The number of nitrogens with one attached hydrogen (secondary N) is 1. The fraction of sp³-hybridized carbons (Fsp3) is 0.257. The fourth-order valence-corrected chi connectivity index (χ4v) is 6.53. The molecule has 0 aromatic heterocycles. The number of carbonyl (C=O) groups excluding carboxylic acids is 2. The number of sulfonamides is 1. The molecule has 11 heteroatoms. The molecule has 0 aliphatic carbocycles. The molecule has 0 heterocycles. The lowest BCUT2D eigenvalue weighted by Crippen LogP contribution is -2.52. The highest BCUT2D eigenvalue weighted by atomic mass is 35.5. The van der Waals surface area contributed by atoms with E-state index in [1.165, 1.54) is 17.0 Å². The Kier molecular flexibility index (Phi) is 12.1. The third kappa shape index (κ3) is 8.81. The quantitative estimate of drug-likeness (QED) is 0.148. The summed E-state index contributed by atoms with van der Waals surface area (Å²) in [4.78, 5) is 29.0. The van der Waals surface area contributed by atoms with Crippen molar-refractivity contribution in [3.8, 4) is 11.5 Å². The predicted molar refractivity (Wildman–Crippen MR) is 183 cm³/mol. The number of aryl methyl sites for hydroxylation is 1. The minimum atomic E-state index is -4.22. The maximum Gasteiger partial charge on any atom is 0.264 e. The summed E-state index contributed by atoms with van der Waals surface area (Å²) in [6.45, 7) is 5.49. The molecule has 0 saturated heterocycles. The van der Waals surface area contributed by atoms with Crippen molar-refractivity contribution in [2.24, 2.45) is 0 Å². The molecule has 0 saturated carbocycles. The normalized spacial score (nSPS) is 11.8. The van der Waals surface area contributed by atoms with Gasteiger partial charge in [0.1, 0.15) is 24.1 Å². The Morgan fingerprint density at radius 3 is 2.11 bits per heavy atom. The van der Waals surface area contributed by atoms with Crippen LogP contribution in [0, 0.1) is 6.92 Å². The average molecular weight is 683 g/mol. The summed E-state index contributed by atoms with van der Waals surface area (Å²) in [7, 11) is -4.22. The zero-order chi connectivity index (χ0) is 33.3. The van der Waals surface area contributed by atoms with Crippen LogP contribution in [0.2, 0.25) is 10.0 Å². The van der Waals surface area contributed by atoms with Gasteiger partial charge in [0.25, 0.3) is 10.0 Å². The predicted octanol–water partition coefficient (Wildman–Crippen LogP) is 7.62. The number of para-hydroxylation sites is 1. The number of hydrogen-bond acceptors (Lipinski definition) is 5. The number of halogens is 2. The smallest absolute Gasteiger partial charge is 0.264 e. The summed E-state index contributed by atoms with van der Waals surface area (Å²) < 4.78 is 35.2. The SMILES string of the molecule is CCCNC(=O)[C@H](CC)N(Cc1ccc(Cl)c(Cl)c1)C(=O)CN(c1ccc(Oc2ccccc2)cc1)S(=O)(=O)c1ccc(C)cc1. The van der Waals surface area contributed by atoms with Crippen LogP contribution in [0.4, 0.5) is 5.69 Å². The van der Waals surface area contributed by atoms with Gasteiger partial charge in [-0.2, -0.15) is 0 Å². The number of carbonyl (C=O) groups is 2. The maximum absolute atomic E-state index is 14.3. The largest absolute Gasteiger partial charge is 0.457 e. The van der Waals surface area contributed by atoms with E-state index in [-0.39, 0.29) is 23.0 Å². The summed E-state index contributed by atoms with van der Waals surface area (Å²) in [5.74, 6) is 0.228. The summed E-state index contributed by atoms with van der Waals surface area (Å²) >= 11 is 12.4.